The third kappa shape index (κ3) is 2.62. The molecular formula is C12H15N3O2. The van der Waals surface area contributed by atoms with Crippen molar-refractivity contribution in [3.05, 3.63) is 24.3 Å². The number of hydrogen-bond acceptors (Lipinski definition) is 3. The topological polar surface area (TPSA) is 75.4 Å². The molecule has 3 aliphatic rings. The van der Waals surface area contributed by atoms with Crippen LogP contribution in [0.25, 0.3) is 11.1 Å². The third-order valence-corrected chi connectivity index (χ3v) is 2.71. The van der Waals surface area contributed by atoms with Crippen LogP contribution in [0.1, 0.15) is 13.3 Å². The number of nitrogens with one attached hydrogen (secondary N) is 1. The highest BCUT2D eigenvalue weighted by Gasteiger charge is 2.35. The van der Waals surface area contributed by atoms with Crippen molar-refractivity contribution in [1.82, 2.24) is 10.4 Å². The first-order chi connectivity index (χ1) is 8.11. The Bertz CT molecular complexity index is 442. The van der Waals surface area contributed by atoms with Crippen molar-refractivity contribution < 1.29 is 9.59 Å². The van der Waals surface area contributed by atoms with Crippen LogP contribution in [0, 0.1) is 0 Å². The Balaban J connectivity index is 0.000000148. The first kappa shape index (κ1) is 11.6. The highest BCUT2D eigenvalue weighted by atomic mass is 16.2. The summed E-state index contributed by atoms with van der Waals surface area (Å²) in [5, 5.41) is 1.28. The predicted molar refractivity (Wildman–Crippen MR) is 63.6 cm³/mol. The van der Waals surface area contributed by atoms with Gasteiger partial charge in [-0.3, -0.25) is 15.0 Å². The van der Waals surface area contributed by atoms with E-state index in [2.05, 4.69) is 29.7 Å². The van der Waals surface area contributed by atoms with Gasteiger partial charge in [0.1, 0.15) is 0 Å². The van der Waals surface area contributed by atoms with Gasteiger partial charge in [0.15, 0.2) is 0 Å². The number of β-lactam (4-membered cyclic amide) rings is 1. The minimum atomic E-state index is -0.239. The molecule has 0 aromatic heterocycles. The monoisotopic (exact) mass is 233 g/mol. The number of carbonyl (C=O) groups excluding carboxylic acids is 2. The van der Waals surface area contributed by atoms with Crippen LogP contribution in [0.2, 0.25) is 0 Å². The number of hydrogen-bond donors (Lipinski definition) is 2. The molecule has 2 amide bonds. The summed E-state index contributed by atoms with van der Waals surface area (Å²) in [7, 11) is 0. The van der Waals surface area contributed by atoms with Crippen LogP contribution in [0.4, 0.5) is 0 Å². The molecule has 1 atom stereocenters. The van der Waals surface area contributed by atoms with Crippen molar-refractivity contribution in [1.29, 1.82) is 0 Å². The van der Waals surface area contributed by atoms with E-state index in [1.54, 1.807) is 0 Å². The minimum absolute atomic E-state index is 0.00796. The van der Waals surface area contributed by atoms with Gasteiger partial charge >= 0.3 is 0 Å². The summed E-state index contributed by atoms with van der Waals surface area (Å²) in [6.07, 6.45) is 0.441. The van der Waals surface area contributed by atoms with E-state index >= 15 is 0 Å². The second-order valence-corrected chi connectivity index (χ2v) is 4.11. The van der Waals surface area contributed by atoms with E-state index in [4.69, 9.17) is 5.73 Å². The Morgan fingerprint density at radius 2 is 2.18 bits per heavy atom. The zero-order valence-corrected chi connectivity index (χ0v) is 9.64. The first-order valence-corrected chi connectivity index (χ1v) is 5.51. The van der Waals surface area contributed by atoms with E-state index in [9.17, 15) is 9.59 Å². The molecule has 1 unspecified atom stereocenters. The Labute approximate surface area is 99.6 Å². The summed E-state index contributed by atoms with van der Waals surface area (Å²) in [5.74, 6) is -0.313. The molecule has 1 heterocycles. The molecule has 0 aromatic rings. The summed E-state index contributed by atoms with van der Waals surface area (Å²) >= 11 is 0. The molecule has 5 heteroatoms. The smallest absolute Gasteiger partial charge is 0.243 e. The Hall–Kier alpha value is -1.88. The van der Waals surface area contributed by atoms with E-state index in [0.29, 0.717) is 13.0 Å². The zero-order valence-electron chi connectivity index (χ0n) is 9.64. The van der Waals surface area contributed by atoms with Gasteiger partial charge < -0.3 is 5.73 Å². The van der Waals surface area contributed by atoms with Gasteiger partial charge in [-0.05, 0) is 17.2 Å². The standard InChI is InChI=1S/C6H11N3O2.C6H4/c1-4(10)8-9-5(3-7)2-6(9)11;1-2-5-4-6(5)3-1/h5H,2-3,7H2,1H3,(H,8,10);1-4H. The fourth-order valence-corrected chi connectivity index (χ4v) is 1.67. The molecule has 90 valence electrons. The summed E-state index contributed by atoms with van der Waals surface area (Å²) in [6, 6.07) is 8.47. The SMILES string of the molecule is CC(=O)NN1C(=O)CC1CN.c1cc2cc-2c1. The molecule has 1 fully saturated rings. The maximum atomic E-state index is 10.8. The van der Waals surface area contributed by atoms with E-state index in [1.807, 2.05) is 0 Å². The maximum Gasteiger partial charge on any atom is 0.243 e. The Morgan fingerprint density at radius 3 is 2.47 bits per heavy atom. The van der Waals surface area contributed by atoms with Gasteiger partial charge in [-0.15, -0.1) is 0 Å². The van der Waals surface area contributed by atoms with Crippen LogP contribution in [0.15, 0.2) is 24.3 Å². The average Bonchev–Trinajstić information content (AvgIpc) is 2.91. The molecule has 3 N–H and O–H groups in total. The van der Waals surface area contributed by atoms with Crippen molar-refractivity contribution >= 4 is 11.8 Å². The molecule has 0 spiro atoms. The normalized spacial score (nSPS) is 18.8. The average molecular weight is 233 g/mol. The molecule has 0 bridgehead atoms. The quantitative estimate of drug-likeness (QED) is 0.731. The number of nitrogens with zero attached hydrogens (tertiary/aromatic N) is 1. The van der Waals surface area contributed by atoms with Crippen LogP contribution in [0.5, 0.6) is 0 Å². The second kappa shape index (κ2) is 4.55. The van der Waals surface area contributed by atoms with E-state index in [0.717, 1.165) is 0 Å². The van der Waals surface area contributed by atoms with E-state index in [-0.39, 0.29) is 17.9 Å². The lowest BCUT2D eigenvalue weighted by Crippen LogP contribution is -2.62. The lowest BCUT2D eigenvalue weighted by atomic mass is 10.1. The molecule has 1 saturated heterocycles. The first-order valence-electron chi connectivity index (χ1n) is 5.51. The molecular weight excluding hydrogens is 218 g/mol. The third-order valence-electron chi connectivity index (χ3n) is 2.71. The fourth-order valence-electron chi connectivity index (χ4n) is 1.67. The zero-order chi connectivity index (χ0) is 12.4. The number of carbonyl (C=O) groups is 2. The second-order valence-electron chi connectivity index (χ2n) is 4.11. The minimum Gasteiger partial charge on any atom is -0.328 e. The van der Waals surface area contributed by atoms with Crippen molar-refractivity contribution in [3.63, 3.8) is 0 Å². The Morgan fingerprint density at radius 1 is 1.53 bits per heavy atom. The predicted octanol–water partition coefficient (Wildman–Crippen LogP) is 0.264. The van der Waals surface area contributed by atoms with Crippen LogP contribution in [-0.2, 0) is 9.59 Å². The van der Waals surface area contributed by atoms with Crippen molar-refractivity contribution in [2.45, 2.75) is 19.4 Å². The molecule has 0 radical (unpaired) electrons. The van der Waals surface area contributed by atoms with Crippen molar-refractivity contribution in [2.24, 2.45) is 5.73 Å². The molecule has 1 aliphatic heterocycles. The summed E-state index contributed by atoms with van der Waals surface area (Å²) in [5.41, 5.74) is 10.6. The molecule has 5 nitrogen and oxygen atoms in total. The number of fused-ring (bicyclic) bond motifs is 1. The van der Waals surface area contributed by atoms with Crippen LogP contribution in [-0.4, -0.2) is 29.4 Å². The van der Waals surface area contributed by atoms with E-state index in [1.165, 1.54) is 23.1 Å². The van der Waals surface area contributed by atoms with Crippen molar-refractivity contribution in [3.8, 4) is 11.1 Å². The van der Waals surface area contributed by atoms with Gasteiger partial charge in [0.2, 0.25) is 11.8 Å². The Kier molecular flexibility index (Phi) is 3.10. The van der Waals surface area contributed by atoms with Gasteiger partial charge in [-0.25, -0.2) is 5.01 Å². The van der Waals surface area contributed by atoms with Gasteiger partial charge in [-0.1, -0.05) is 18.2 Å². The largest absolute Gasteiger partial charge is 0.328 e. The number of amides is 2. The number of rotatable bonds is 2. The molecule has 17 heavy (non-hydrogen) atoms. The maximum absolute atomic E-state index is 10.8. The van der Waals surface area contributed by atoms with E-state index < -0.39 is 0 Å². The van der Waals surface area contributed by atoms with Gasteiger partial charge in [-0.2, -0.15) is 0 Å². The highest BCUT2D eigenvalue weighted by Crippen LogP contribution is 2.32. The van der Waals surface area contributed by atoms with Crippen molar-refractivity contribution in [2.75, 3.05) is 6.54 Å². The van der Waals surface area contributed by atoms with Crippen LogP contribution >= 0.6 is 0 Å². The van der Waals surface area contributed by atoms with Crippen LogP contribution in [0.3, 0.4) is 0 Å². The van der Waals surface area contributed by atoms with Gasteiger partial charge in [0, 0.05) is 13.5 Å². The van der Waals surface area contributed by atoms with Crippen LogP contribution < -0.4 is 11.2 Å². The summed E-state index contributed by atoms with van der Waals surface area (Å²) < 4.78 is 0. The molecule has 0 aromatic carbocycles. The lowest BCUT2D eigenvalue weighted by Gasteiger charge is -2.38. The highest BCUT2D eigenvalue weighted by molar-refractivity contribution is 5.86. The summed E-state index contributed by atoms with van der Waals surface area (Å²) in [4.78, 5) is 21.3. The molecule has 0 saturated carbocycles. The number of benzene rings is 1. The molecule has 3 rings (SSSR count). The molecule has 2 aliphatic carbocycles. The van der Waals surface area contributed by atoms with Gasteiger partial charge in [0.05, 0.1) is 12.5 Å². The summed E-state index contributed by atoms with van der Waals surface area (Å²) in [6.45, 7) is 1.76. The number of nitrogens with two attached hydrogens (primary N) is 1. The fraction of sp³-hybridized carbons (Fsp3) is 0.333. The number of hydrazine groups is 1. The lowest BCUT2D eigenvalue weighted by molar-refractivity contribution is -0.155. The van der Waals surface area contributed by atoms with Gasteiger partial charge in [0.25, 0.3) is 0 Å².